The van der Waals surface area contributed by atoms with Crippen LogP contribution in [-0.2, 0) is 0 Å². The molecule has 120 valence electrons. The van der Waals surface area contributed by atoms with Crippen LogP contribution in [0, 0.1) is 17.2 Å². The largest absolute Gasteiger partial charge is 0.372 e. The zero-order valence-corrected chi connectivity index (χ0v) is 14.0. The number of nitrogens with zero attached hydrogens (tertiary/aromatic N) is 5. The summed E-state index contributed by atoms with van der Waals surface area (Å²) in [5, 5.41) is 17.3. The highest BCUT2D eigenvalue weighted by Gasteiger charge is 2.18. The summed E-state index contributed by atoms with van der Waals surface area (Å²) >= 11 is 0. The molecule has 5 nitrogen and oxygen atoms in total. The summed E-state index contributed by atoms with van der Waals surface area (Å²) in [5.74, 6) is 1.03. The minimum absolute atomic E-state index is 0.197. The zero-order chi connectivity index (χ0) is 16.4. The molecule has 3 rings (SSSR count). The summed E-state index contributed by atoms with van der Waals surface area (Å²) in [5.41, 5.74) is 3.49. The highest BCUT2D eigenvalue weighted by atomic mass is 15.4. The van der Waals surface area contributed by atoms with Crippen LogP contribution >= 0.6 is 0 Å². The SMILES string of the molecule is CC1CCN(c2ccc(-n3nnc(C#N)c3C(C)C)cc2)CC1. The van der Waals surface area contributed by atoms with Crippen LogP contribution in [-0.4, -0.2) is 28.1 Å². The molecular weight excluding hydrogens is 286 g/mol. The molecule has 0 unspecified atom stereocenters. The van der Waals surface area contributed by atoms with Crippen molar-refractivity contribution in [3.05, 3.63) is 35.7 Å². The number of piperidine rings is 1. The molecule has 1 aliphatic heterocycles. The van der Waals surface area contributed by atoms with Crippen LogP contribution in [0.3, 0.4) is 0 Å². The Morgan fingerprint density at radius 2 is 1.74 bits per heavy atom. The lowest BCUT2D eigenvalue weighted by Crippen LogP contribution is -2.32. The zero-order valence-electron chi connectivity index (χ0n) is 14.0. The van der Waals surface area contributed by atoms with Crippen LogP contribution in [0.4, 0.5) is 5.69 Å². The lowest BCUT2D eigenvalue weighted by molar-refractivity contribution is 0.438. The molecule has 1 aliphatic rings. The standard InChI is InChI=1S/C18H23N5/c1-13(2)18-17(12-19)20-21-23(18)16-6-4-15(5-7-16)22-10-8-14(3)9-11-22/h4-7,13-14H,8-11H2,1-3H3. The van der Waals surface area contributed by atoms with Crippen LogP contribution in [0.2, 0.25) is 0 Å². The quantitative estimate of drug-likeness (QED) is 0.870. The van der Waals surface area contributed by atoms with Crippen molar-refractivity contribution in [3.63, 3.8) is 0 Å². The van der Waals surface area contributed by atoms with Gasteiger partial charge in [-0.3, -0.25) is 0 Å². The minimum atomic E-state index is 0.197. The van der Waals surface area contributed by atoms with Crippen LogP contribution in [0.25, 0.3) is 5.69 Å². The first kappa shape index (κ1) is 15.5. The fourth-order valence-corrected chi connectivity index (χ4v) is 3.15. The van der Waals surface area contributed by atoms with Crippen molar-refractivity contribution < 1.29 is 0 Å². The van der Waals surface area contributed by atoms with Crippen molar-refractivity contribution in [2.45, 2.75) is 39.5 Å². The topological polar surface area (TPSA) is 57.7 Å². The van der Waals surface area contributed by atoms with E-state index in [0.29, 0.717) is 5.69 Å². The van der Waals surface area contributed by atoms with Gasteiger partial charge in [0.05, 0.1) is 11.4 Å². The lowest BCUT2D eigenvalue weighted by Gasteiger charge is -2.32. The summed E-state index contributed by atoms with van der Waals surface area (Å²) in [6, 6.07) is 10.5. The van der Waals surface area contributed by atoms with E-state index in [9.17, 15) is 5.26 Å². The number of anilines is 1. The van der Waals surface area contributed by atoms with E-state index in [1.165, 1.54) is 18.5 Å². The van der Waals surface area contributed by atoms with Gasteiger partial charge < -0.3 is 4.90 Å². The molecule has 2 heterocycles. The number of benzene rings is 1. The van der Waals surface area contributed by atoms with E-state index in [4.69, 9.17) is 0 Å². The van der Waals surface area contributed by atoms with Crippen LogP contribution < -0.4 is 4.90 Å². The second-order valence-electron chi connectivity index (χ2n) is 6.69. The second-order valence-corrected chi connectivity index (χ2v) is 6.69. The van der Waals surface area contributed by atoms with E-state index in [-0.39, 0.29) is 5.92 Å². The molecule has 2 aromatic rings. The van der Waals surface area contributed by atoms with Crippen molar-refractivity contribution in [1.29, 1.82) is 5.26 Å². The normalized spacial score (nSPS) is 15.9. The molecule has 0 saturated carbocycles. The van der Waals surface area contributed by atoms with Crippen molar-refractivity contribution in [2.24, 2.45) is 5.92 Å². The Bertz CT molecular complexity index is 700. The molecule has 1 aromatic carbocycles. The molecule has 0 bridgehead atoms. The van der Waals surface area contributed by atoms with Crippen molar-refractivity contribution in [2.75, 3.05) is 18.0 Å². The molecule has 0 N–H and O–H groups in total. The van der Waals surface area contributed by atoms with Crippen molar-refractivity contribution in [1.82, 2.24) is 15.0 Å². The van der Waals surface area contributed by atoms with Gasteiger partial charge in [0, 0.05) is 18.8 Å². The smallest absolute Gasteiger partial charge is 0.186 e. The van der Waals surface area contributed by atoms with E-state index < -0.39 is 0 Å². The summed E-state index contributed by atoms with van der Waals surface area (Å²) in [6.45, 7) is 8.68. The van der Waals surface area contributed by atoms with Gasteiger partial charge in [-0.2, -0.15) is 5.26 Å². The van der Waals surface area contributed by atoms with Crippen LogP contribution in [0.5, 0.6) is 0 Å². The monoisotopic (exact) mass is 309 g/mol. The number of aromatic nitrogens is 3. The Morgan fingerprint density at radius 1 is 1.13 bits per heavy atom. The Kier molecular flexibility index (Phi) is 4.33. The van der Waals surface area contributed by atoms with E-state index in [2.05, 4.69) is 66.3 Å². The maximum atomic E-state index is 9.19. The maximum absolute atomic E-state index is 9.19. The maximum Gasteiger partial charge on any atom is 0.186 e. The molecule has 5 heteroatoms. The molecule has 0 atom stereocenters. The number of hydrogen-bond donors (Lipinski definition) is 0. The molecule has 23 heavy (non-hydrogen) atoms. The first-order valence-electron chi connectivity index (χ1n) is 8.31. The van der Waals surface area contributed by atoms with Gasteiger partial charge in [-0.1, -0.05) is 26.0 Å². The molecule has 1 aromatic heterocycles. The molecular formula is C18H23N5. The van der Waals surface area contributed by atoms with E-state index in [1.54, 1.807) is 4.68 Å². The molecule has 0 radical (unpaired) electrons. The van der Waals surface area contributed by atoms with Gasteiger partial charge in [-0.25, -0.2) is 4.68 Å². The first-order valence-corrected chi connectivity index (χ1v) is 8.31. The van der Waals surface area contributed by atoms with E-state index >= 15 is 0 Å². The van der Waals surface area contributed by atoms with Crippen molar-refractivity contribution in [3.8, 4) is 11.8 Å². The summed E-state index contributed by atoms with van der Waals surface area (Å²) in [7, 11) is 0. The average Bonchev–Trinajstić information content (AvgIpc) is 3.00. The van der Waals surface area contributed by atoms with Gasteiger partial charge >= 0.3 is 0 Å². The Morgan fingerprint density at radius 3 is 2.30 bits per heavy atom. The number of rotatable bonds is 3. The summed E-state index contributed by atoms with van der Waals surface area (Å²) in [4.78, 5) is 2.44. The summed E-state index contributed by atoms with van der Waals surface area (Å²) < 4.78 is 1.78. The lowest BCUT2D eigenvalue weighted by atomic mass is 9.99. The van der Waals surface area contributed by atoms with Crippen LogP contribution in [0.1, 0.15) is 50.9 Å². The second kappa shape index (κ2) is 6.41. The first-order chi connectivity index (χ1) is 11.1. The highest BCUT2D eigenvalue weighted by molar-refractivity contribution is 5.51. The third kappa shape index (κ3) is 3.07. The van der Waals surface area contributed by atoms with Crippen LogP contribution in [0.15, 0.2) is 24.3 Å². The van der Waals surface area contributed by atoms with Gasteiger partial charge in [-0.05, 0) is 48.9 Å². The Balaban J connectivity index is 1.86. The third-order valence-corrected chi connectivity index (χ3v) is 4.60. The fraction of sp³-hybridized carbons (Fsp3) is 0.500. The molecule has 1 fully saturated rings. The molecule has 0 amide bonds. The third-order valence-electron chi connectivity index (χ3n) is 4.60. The Labute approximate surface area is 137 Å². The van der Waals surface area contributed by atoms with E-state index in [0.717, 1.165) is 30.4 Å². The predicted octanol–water partition coefficient (Wildman–Crippen LogP) is 3.50. The number of nitriles is 1. The average molecular weight is 309 g/mol. The number of hydrogen-bond acceptors (Lipinski definition) is 4. The van der Waals surface area contributed by atoms with E-state index in [1.807, 2.05) is 0 Å². The van der Waals surface area contributed by atoms with Gasteiger partial charge in [0.1, 0.15) is 6.07 Å². The fourth-order valence-electron chi connectivity index (χ4n) is 3.15. The summed E-state index contributed by atoms with van der Waals surface area (Å²) in [6.07, 6.45) is 2.52. The van der Waals surface area contributed by atoms with Gasteiger partial charge in [-0.15, -0.1) is 5.10 Å². The van der Waals surface area contributed by atoms with Crippen molar-refractivity contribution >= 4 is 5.69 Å². The Hall–Kier alpha value is -2.35. The predicted molar refractivity (Wildman–Crippen MR) is 90.8 cm³/mol. The van der Waals surface area contributed by atoms with Gasteiger partial charge in [0.25, 0.3) is 0 Å². The van der Waals surface area contributed by atoms with Gasteiger partial charge in [0.15, 0.2) is 5.69 Å². The molecule has 0 spiro atoms. The molecule has 1 saturated heterocycles. The van der Waals surface area contributed by atoms with Gasteiger partial charge in [0.2, 0.25) is 0 Å². The minimum Gasteiger partial charge on any atom is -0.372 e. The highest BCUT2D eigenvalue weighted by Crippen LogP contribution is 2.25. The molecule has 0 aliphatic carbocycles.